The SMILES string of the molecule is CC(c1ccccc1)(c1ccccc1)N(CCCOc1cccc(CC(=O)NCC2CCCO2)c1)Cc1cccc(C(F)(F)F)c1Cl. The number of ether oxygens (including phenoxy) is 2. The summed E-state index contributed by atoms with van der Waals surface area (Å²) in [6.07, 6.45) is -1.67. The van der Waals surface area contributed by atoms with Crippen LogP contribution in [0.25, 0.3) is 0 Å². The van der Waals surface area contributed by atoms with Gasteiger partial charge in [0.25, 0.3) is 0 Å². The van der Waals surface area contributed by atoms with E-state index in [0.717, 1.165) is 42.2 Å². The van der Waals surface area contributed by atoms with E-state index in [1.165, 1.54) is 6.07 Å². The summed E-state index contributed by atoms with van der Waals surface area (Å²) in [6, 6.07) is 31.4. The highest BCUT2D eigenvalue weighted by Gasteiger charge is 2.38. The average molecular weight is 665 g/mol. The number of nitrogens with zero attached hydrogens (tertiary/aromatic N) is 1. The van der Waals surface area contributed by atoms with E-state index in [9.17, 15) is 18.0 Å². The molecule has 1 N–H and O–H groups in total. The molecule has 1 fully saturated rings. The molecule has 1 atom stereocenters. The first-order valence-corrected chi connectivity index (χ1v) is 16.3. The van der Waals surface area contributed by atoms with Crippen LogP contribution in [0.15, 0.2) is 103 Å². The third-order valence-corrected chi connectivity index (χ3v) is 9.15. The third-order valence-electron chi connectivity index (χ3n) is 8.70. The van der Waals surface area contributed by atoms with Crippen molar-refractivity contribution < 1.29 is 27.4 Å². The lowest BCUT2D eigenvalue weighted by Gasteiger charge is -2.43. The van der Waals surface area contributed by atoms with Gasteiger partial charge < -0.3 is 14.8 Å². The standard InChI is InChI=1S/C38H40ClF3N2O3/c1-37(30-14-4-2-5-15-30,31-16-6-3-7-17-31)44(27-29-13-9-20-34(36(29)39)38(40,41)42)21-11-23-46-32-18-8-12-28(24-32)25-35(45)43-26-33-19-10-22-47-33/h2-9,12-18,20,24,33H,10-11,19,21-23,25-27H2,1H3,(H,43,45). The Labute approximate surface area is 279 Å². The minimum Gasteiger partial charge on any atom is -0.494 e. The maximum absolute atomic E-state index is 13.8. The fraction of sp³-hybridized carbons (Fsp3) is 0.342. The number of hydrogen-bond acceptors (Lipinski definition) is 4. The zero-order valence-electron chi connectivity index (χ0n) is 26.4. The number of carbonyl (C=O) groups is 1. The molecule has 5 nitrogen and oxygen atoms in total. The lowest BCUT2D eigenvalue weighted by atomic mass is 9.82. The average Bonchev–Trinajstić information content (AvgIpc) is 3.60. The second-order valence-electron chi connectivity index (χ2n) is 12.0. The number of carbonyl (C=O) groups excluding carboxylic acids is 1. The molecule has 1 heterocycles. The smallest absolute Gasteiger partial charge is 0.417 e. The molecule has 4 aromatic carbocycles. The Balaban J connectivity index is 1.32. The molecule has 1 amide bonds. The largest absolute Gasteiger partial charge is 0.494 e. The predicted molar refractivity (Wildman–Crippen MR) is 178 cm³/mol. The van der Waals surface area contributed by atoms with Crippen molar-refractivity contribution in [2.45, 2.75) is 57.0 Å². The van der Waals surface area contributed by atoms with Crippen LogP contribution in [0, 0.1) is 0 Å². The summed E-state index contributed by atoms with van der Waals surface area (Å²) >= 11 is 6.42. The molecule has 4 aromatic rings. The first-order chi connectivity index (χ1) is 22.6. The number of benzene rings is 4. The Kier molecular flexibility index (Phi) is 11.6. The molecular formula is C38H40ClF3N2O3. The van der Waals surface area contributed by atoms with Crippen LogP contribution in [0.5, 0.6) is 5.75 Å². The molecule has 0 radical (unpaired) electrons. The second kappa shape index (κ2) is 15.8. The number of hydrogen-bond donors (Lipinski definition) is 1. The summed E-state index contributed by atoms with van der Waals surface area (Å²) in [7, 11) is 0. The number of amides is 1. The van der Waals surface area contributed by atoms with E-state index in [1.54, 1.807) is 6.07 Å². The monoisotopic (exact) mass is 664 g/mol. The van der Waals surface area contributed by atoms with E-state index < -0.39 is 17.3 Å². The van der Waals surface area contributed by atoms with Crippen molar-refractivity contribution in [1.82, 2.24) is 10.2 Å². The maximum Gasteiger partial charge on any atom is 0.417 e. The van der Waals surface area contributed by atoms with Gasteiger partial charge in [0.15, 0.2) is 0 Å². The number of halogens is 4. The lowest BCUT2D eigenvalue weighted by Crippen LogP contribution is -2.45. The van der Waals surface area contributed by atoms with E-state index >= 15 is 0 Å². The Morgan fingerprint density at radius 3 is 2.28 bits per heavy atom. The van der Waals surface area contributed by atoms with Gasteiger partial charge in [-0.1, -0.05) is 96.5 Å². The summed E-state index contributed by atoms with van der Waals surface area (Å²) in [5.41, 5.74) is 1.69. The molecular weight excluding hydrogens is 625 g/mol. The molecule has 0 bridgehead atoms. The minimum absolute atomic E-state index is 0.0670. The molecule has 0 spiro atoms. The first-order valence-electron chi connectivity index (χ1n) is 16.0. The van der Waals surface area contributed by atoms with Gasteiger partial charge in [-0.2, -0.15) is 13.2 Å². The van der Waals surface area contributed by atoms with E-state index in [1.807, 2.05) is 84.9 Å². The fourth-order valence-electron chi connectivity index (χ4n) is 6.12. The van der Waals surface area contributed by atoms with Crippen LogP contribution in [0.1, 0.15) is 54.0 Å². The van der Waals surface area contributed by atoms with Crippen LogP contribution in [-0.2, 0) is 34.2 Å². The number of nitrogens with one attached hydrogen (secondary N) is 1. The van der Waals surface area contributed by atoms with Crippen LogP contribution in [-0.4, -0.2) is 43.2 Å². The van der Waals surface area contributed by atoms with Crippen LogP contribution in [0.2, 0.25) is 5.02 Å². The van der Waals surface area contributed by atoms with E-state index in [2.05, 4.69) is 17.1 Å². The molecule has 1 unspecified atom stereocenters. The maximum atomic E-state index is 13.8. The molecule has 5 rings (SSSR count). The molecule has 0 aliphatic carbocycles. The Morgan fingerprint density at radius 2 is 1.64 bits per heavy atom. The molecule has 1 saturated heterocycles. The van der Waals surface area contributed by atoms with Gasteiger partial charge >= 0.3 is 6.18 Å². The normalized spacial score (nSPS) is 15.1. The zero-order valence-corrected chi connectivity index (χ0v) is 27.2. The van der Waals surface area contributed by atoms with Crippen molar-refractivity contribution in [3.63, 3.8) is 0 Å². The lowest BCUT2D eigenvalue weighted by molar-refractivity contribution is -0.137. The summed E-state index contributed by atoms with van der Waals surface area (Å²) < 4.78 is 53.1. The van der Waals surface area contributed by atoms with Gasteiger partial charge in [-0.25, -0.2) is 0 Å². The van der Waals surface area contributed by atoms with Crippen LogP contribution < -0.4 is 10.1 Å². The topological polar surface area (TPSA) is 50.8 Å². The summed E-state index contributed by atoms with van der Waals surface area (Å²) in [6.45, 7) is 4.39. The highest BCUT2D eigenvalue weighted by atomic mass is 35.5. The van der Waals surface area contributed by atoms with Gasteiger partial charge in [-0.15, -0.1) is 0 Å². The van der Waals surface area contributed by atoms with Crippen molar-refractivity contribution in [2.24, 2.45) is 0 Å². The predicted octanol–water partition coefficient (Wildman–Crippen LogP) is 8.43. The molecule has 248 valence electrons. The van der Waals surface area contributed by atoms with Crippen molar-refractivity contribution in [1.29, 1.82) is 0 Å². The first kappa shape index (κ1) is 34.5. The highest BCUT2D eigenvalue weighted by Crippen LogP contribution is 2.40. The molecule has 0 aromatic heterocycles. The minimum atomic E-state index is -4.56. The summed E-state index contributed by atoms with van der Waals surface area (Å²) in [5.74, 6) is 0.582. The van der Waals surface area contributed by atoms with Gasteiger partial charge in [-0.05, 0) is 66.6 Å². The van der Waals surface area contributed by atoms with E-state index in [0.29, 0.717) is 37.4 Å². The Hall–Kier alpha value is -3.85. The Morgan fingerprint density at radius 1 is 0.957 bits per heavy atom. The van der Waals surface area contributed by atoms with Gasteiger partial charge in [0, 0.05) is 26.2 Å². The summed E-state index contributed by atoms with van der Waals surface area (Å²) in [4.78, 5) is 14.7. The molecule has 9 heteroatoms. The van der Waals surface area contributed by atoms with Crippen molar-refractivity contribution in [2.75, 3.05) is 26.3 Å². The Bertz CT molecular complexity index is 1560. The molecule has 0 saturated carbocycles. The fourth-order valence-corrected chi connectivity index (χ4v) is 6.41. The van der Waals surface area contributed by atoms with Crippen molar-refractivity contribution in [3.05, 3.63) is 136 Å². The highest BCUT2D eigenvalue weighted by molar-refractivity contribution is 6.32. The van der Waals surface area contributed by atoms with Crippen LogP contribution in [0.3, 0.4) is 0 Å². The van der Waals surface area contributed by atoms with Gasteiger partial charge in [0.1, 0.15) is 5.75 Å². The van der Waals surface area contributed by atoms with E-state index in [-0.39, 0.29) is 30.0 Å². The van der Waals surface area contributed by atoms with Gasteiger partial charge in [0.05, 0.1) is 35.3 Å². The van der Waals surface area contributed by atoms with Crippen molar-refractivity contribution in [3.8, 4) is 5.75 Å². The van der Waals surface area contributed by atoms with Gasteiger partial charge in [0.2, 0.25) is 5.91 Å². The summed E-state index contributed by atoms with van der Waals surface area (Å²) in [5, 5.41) is 2.66. The molecule has 1 aliphatic rings. The van der Waals surface area contributed by atoms with E-state index in [4.69, 9.17) is 21.1 Å². The quantitative estimate of drug-likeness (QED) is 0.138. The number of rotatable bonds is 14. The molecule has 47 heavy (non-hydrogen) atoms. The zero-order chi connectivity index (χ0) is 33.3. The van der Waals surface area contributed by atoms with Crippen LogP contribution in [0.4, 0.5) is 13.2 Å². The van der Waals surface area contributed by atoms with Crippen LogP contribution >= 0.6 is 11.6 Å². The third kappa shape index (κ3) is 8.95. The van der Waals surface area contributed by atoms with Crippen molar-refractivity contribution >= 4 is 17.5 Å². The van der Waals surface area contributed by atoms with Gasteiger partial charge in [-0.3, -0.25) is 9.69 Å². The second-order valence-corrected chi connectivity index (χ2v) is 12.3. The molecule has 1 aliphatic heterocycles. The number of alkyl halides is 3.